The topological polar surface area (TPSA) is 189 Å². The van der Waals surface area contributed by atoms with Crippen molar-refractivity contribution in [2.75, 3.05) is 13.2 Å². The van der Waals surface area contributed by atoms with Gasteiger partial charge in [-0.3, -0.25) is 4.79 Å². The van der Waals surface area contributed by atoms with E-state index in [9.17, 15) is 40.5 Å². The Bertz CT molecular complexity index is 1370. The van der Waals surface area contributed by atoms with Crippen LogP contribution < -0.4 is 5.32 Å². The number of hydrogen-bond acceptors (Lipinski definition) is 10. The molecule has 11 nitrogen and oxygen atoms in total. The normalized spacial score (nSPS) is 19.2. The second-order valence-corrected chi connectivity index (χ2v) is 25.0. The van der Waals surface area contributed by atoms with Crippen molar-refractivity contribution in [2.24, 2.45) is 0 Å². The lowest BCUT2D eigenvalue weighted by molar-refractivity contribution is -0.303. The van der Waals surface area contributed by atoms with Crippen molar-refractivity contribution in [3.63, 3.8) is 0 Å². The lowest BCUT2D eigenvalue weighted by atomic mass is 9.98. The maximum atomic E-state index is 13.2. The molecule has 11 heteroatoms. The molecule has 0 aromatic carbocycles. The summed E-state index contributed by atoms with van der Waals surface area (Å²) in [6.07, 6.45) is 62.7. The van der Waals surface area contributed by atoms with Gasteiger partial charge >= 0.3 is 0 Å². The maximum Gasteiger partial charge on any atom is 0.249 e. The quantitative estimate of drug-likeness (QED) is 0.0215. The fraction of sp³-hybridized carbons (Fsp3) is 0.929. The molecule has 1 aliphatic heterocycles. The molecule has 1 rings (SSSR count). The van der Waals surface area contributed by atoms with Crippen LogP contribution in [-0.2, 0) is 14.3 Å². The molecule has 0 radical (unpaired) electrons. The third-order valence-electron chi connectivity index (χ3n) is 17.2. The van der Waals surface area contributed by atoms with Crippen molar-refractivity contribution in [1.82, 2.24) is 5.32 Å². The van der Waals surface area contributed by atoms with Gasteiger partial charge in [0, 0.05) is 0 Å². The summed E-state index contributed by atoms with van der Waals surface area (Å²) in [6, 6.07) is -1.19. The second-order valence-electron chi connectivity index (χ2n) is 25.0. The summed E-state index contributed by atoms with van der Waals surface area (Å²) >= 11 is 0. The van der Waals surface area contributed by atoms with E-state index in [2.05, 4.69) is 43.5 Å². The summed E-state index contributed by atoms with van der Waals surface area (Å²) < 4.78 is 11.2. The third kappa shape index (κ3) is 46.5. The molecule has 480 valence electrons. The van der Waals surface area contributed by atoms with Crippen molar-refractivity contribution in [3.05, 3.63) is 24.3 Å². The number of carbonyl (C=O) groups is 1. The molecule has 1 heterocycles. The number of allylic oxidation sites excluding steroid dienone is 4. The Morgan fingerprint density at radius 3 is 1.10 bits per heavy atom. The standard InChI is InChI=1S/C70H135NO10/c1-3-5-7-9-11-13-15-17-19-21-23-25-27-29-31-32-34-36-38-40-42-44-46-48-50-52-54-56-58-63(74)69(79)71-61(60-80-70-68(78)67(77)66(76)64(59-72)81-70)65(75)62(73)57-55-53-51-49-47-45-43-41-39-37-35-33-30-28-26-24-22-20-18-16-14-12-10-8-6-4-2/h41,43,49,51,61-68,70,72-78H,3-40,42,44-48,50,52-60H2,1-2H3,(H,71,79)/b43-41+,51-49+. The molecule has 8 N–H and O–H groups in total. The van der Waals surface area contributed by atoms with E-state index in [-0.39, 0.29) is 12.8 Å². The Hall–Kier alpha value is -1.41. The Balaban J connectivity index is 2.22. The number of hydrogen-bond donors (Lipinski definition) is 8. The Labute approximate surface area is 499 Å². The molecule has 0 aromatic heterocycles. The van der Waals surface area contributed by atoms with E-state index in [1.165, 1.54) is 263 Å². The van der Waals surface area contributed by atoms with Gasteiger partial charge in [0.25, 0.3) is 0 Å². The first-order valence-electron chi connectivity index (χ1n) is 35.2. The number of unbranched alkanes of at least 4 members (excludes halogenated alkanes) is 46. The van der Waals surface area contributed by atoms with Gasteiger partial charge in [-0.2, -0.15) is 0 Å². The van der Waals surface area contributed by atoms with E-state index in [4.69, 9.17) is 9.47 Å². The molecule has 0 bridgehead atoms. The Morgan fingerprint density at radius 2 is 0.741 bits per heavy atom. The van der Waals surface area contributed by atoms with Crippen LogP contribution in [0.4, 0.5) is 0 Å². The minimum Gasteiger partial charge on any atom is -0.394 e. The van der Waals surface area contributed by atoms with Crippen LogP contribution >= 0.6 is 0 Å². The van der Waals surface area contributed by atoms with E-state index in [1.54, 1.807) is 0 Å². The maximum absolute atomic E-state index is 13.2. The molecular formula is C70H135NO10. The van der Waals surface area contributed by atoms with Crippen LogP contribution in [0.3, 0.4) is 0 Å². The first-order valence-corrected chi connectivity index (χ1v) is 35.2. The smallest absolute Gasteiger partial charge is 0.249 e. The third-order valence-corrected chi connectivity index (χ3v) is 17.2. The number of nitrogens with one attached hydrogen (secondary N) is 1. The van der Waals surface area contributed by atoms with E-state index < -0.39 is 74.2 Å². The molecule has 81 heavy (non-hydrogen) atoms. The van der Waals surface area contributed by atoms with Gasteiger partial charge in [-0.15, -0.1) is 0 Å². The van der Waals surface area contributed by atoms with E-state index in [0.717, 1.165) is 38.5 Å². The molecule has 1 saturated heterocycles. The number of amides is 1. The largest absolute Gasteiger partial charge is 0.394 e. The molecule has 0 spiro atoms. The Kier molecular flexibility index (Phi) is 56.5. The zero-order valence-electron chi connectivity index (χ0n) is 53.0. The van der Waals surface area contributed by atoms with Gasteiger partial charge in [0.2, 0.25) is 5.91 Å². The van der Waals surface area contributed by atoms with Gasteiger partial charge in [0.1, 0.15) is 36.6 Å². The summed E-state index contributed by atoms with van der Waals surface area (Å²) in [6.45, 7) is 3.50. The average Bonchev–Trinajstić information content (AvgIpc) is 3.49. The lowest BCUT2D eigenvalue weighted by Crippen LogP contribution is -2.60. The molecule has 0 aliphatic carbocycles. The minimum absolute atomic E-state index is 0.249. The number of ether oxygens (including phenoxy) is 2. The first kappa shape index (κ1) is 77.6. The highest BCUT2D eigenvalue weighted by molar-refractivity contribution is 5.80. The van der Waals surface area contributed by atoms with Crippen molar-refractivity contribution >= 4 is 5.91 Å². The second kappa shape index (κ2) is 58.9. The van der Waals surface area contributed by atoms with E-state index in [0.29, 0.717) is 19.3 Å². The van der Waals surface area contributed by atoms with Crippen LogP contribution in [0.15, 0.2) is 24.3 Å². The van der Waals surface area contributed by atoms with Gasteiger partial charge in [-0.1, -0.05) is 321 Å². The summed E-state index contributed by atoms with van der Waals surface area (Å²) in [4.78, 5) is 13.2. The van der Waals surface area contributed by atoms with Crippen LogP contribution in [0, 0.1) is 0 Å². The molecule has 9 atom stereocenters. The van der Waals surface area contributed by atoms with Crippen LogP contribution in [-0.4, -0.2) is 110 Å². The van der Waals surface area contributed by atoms with Crippen LogP contribution in [0.1, 0.15) is 348 Å². The lowest BCUT2D eigenvalue weighted by Gasteiger charge is -2.40. The summed E-state index contributed by atoms with van der Waals surface area (Å²) in [5, 5.41) is 76.5. The SMILES string of the molecule is CCCCCCCCCCCCCCCCCCC/C=C/CC/C=C/CCCC(O)C(O)C(COC1OC(CO)C(O)C(O)C1O)NC(=O)C(O)CCCCCCCCCCCCCCCCCCCCCCCCCCCCCC. The highest BCUT2D eigenvalue weighted by Gasteiger charge is 2.44. The fourth-order valence-electron chi connectivity index (χ4n) is 11.6. The highest BCUT2D eigenvalue weighted by Crippen LogP contribution is 2.24. The van der Waals surface area contributed by atoms with Gasteiger partial charge in [-0.05, 0) is 51.4 Å². The Morgan fingerprint density at radius 1 is 0.420 bits per heavy atom. The molecule has 0 saturated carbocycles. The summed E-state index contributed by atoms with van der Waals surface area (Å²) in [5.41, 5.74) is 0. The fourth-order valence-corrected chi connectivity index (χ4v) is 11.6. The molecular weight excluding hydrogens is 1010 g/mol. The minimum atomic E-state index is -1.67. The van der Waals surface area contributed by atoms with Crippen molar-refractivity contribution in [1.29, 1.82) is 0 Å². The molecule has 0 aromatic rings. The van der Waals surface area contributed by atoms with Crippen LogP contribution in [0.25, 0.3) is 0 Å². The van der Waals surface area contributed by atoms with Crippen molar-refractivity contribution in [3.8, 4) is 0 Å². The summed E-state index contributed by atoms with van der Waals surface area (Å²) in [7, 11) is 0. The van der Waals surface area contributed by atoms with E-state index >= 15 is 0 Å². The predicted octanol–water partition coefficient (Wildman–Crippen LogP) is 16.8. The highest BCUT2D eigenvalue weighted by atomic mass is 16.7. The zero-order chi connectivity index (χ0) is 58.9. The zero-order valence-corrected chi connectivity index (χ0v) is 53.0. The molecule has 1 amide bonds. The van der Waals surface area contributed by atoms with Gasteiger partial charge < -0.3 is 50.5 Å². The summed E-state index contributed by atoms with van der Waals surface area (Å²) in [5.74, 6) is -0.703. The van der Waals surface area contributed by atoms with Crippen molar-refractivity contribution in [2.45, 2.75) is 403 Å². The number of aliphatic hydroxyl groups is 7. The number of carbonyl (C=O) groups excluding carboxylic acids is 1. The van der Waals surface area contributed by atoms with Gasteiger partial charge in [-0.25, -0.2) is 0 Å². The van der Waals surface area contributed by atoms with Gasteiger partial charge in [0.05, 0.1) is 25.4 Å². The number of rotatable bonds is 62. The van der Waals surface area contributed by atoms with Crippen molar-refractivity contribution < 1.29 is 50.0 Å². The molecule has 9 unspecified atom stereocenters. The predicted molar refractivity (Wildman–Crippen MR) is 339 cm³/mol. The first-order chi connectivity index (χ1) is 39.7. The van der Waals surface area contributed by atoms with E-state index in [1.807, 2.05) is 0 Å². The number of aliphatic hydroxyl groups excluding tert-OH is 7. The van der Waals surface area contributed by atoms with Gasteiger partial charge in [0.15, 0.2) is 6.29 Å². The monoisotopic (exact) mass is 1150 g/mol. The van der Waals surface area contributed by atoms with Crippen LogP contribution in [0.2, 0.25) is 0 Å². The molecule has 1 aliphatic rings. The molecule has 1 fully saturated rings. The van der Waals surface area contributed by atoms with Crippen LogP contribution in [0.5, 0.6) is 0 Å². The average molecular weight is 1150 g/mol.